The van der Waals surface area contributed by atoms with Gasteiger partial charge in [-0.15, -0.1) is 0 Å². The number of hydrogen-bond donors (Lipinski definition) is 0. The quantitative estimate of drug-likeness (QED) is 0.595. The molecule has 0 bridgehead atoms. The molecule has 2 heterocycles. The molecular formula is C20H19F2N3O3S. The van der Waals surface area contributed by atoms with Crippen LogP contribution in [0.2, 0.25) is 0 Å². The van der Waals surface area contributed by atoms with Crippen LogP contribution in [0.25, 0.3) is 5.69 Å². The summed E-state index contributed by atoms with van der Waals surface area (Å²) in [5, 5.41) is 4.47. The molecule has 1 aliphatic heterocycles. The van der Waals surface area contributed by atoms with E-state index in [-0.39, 0.29) is 29.6 Å². The Hall–Kier alpha value is -2.78. The van der Waals surface area contributed by atoms with E-state index in [0.717, 1.165) is 5.56 Å². The first-order valence-corrected chi connectivity index (χ1v) is 10.6. The third kappa shape index (κ3) is 4.15. The molecule has 0 amide bonds. The van der Waals surface area contributed by atoms with Gasteiger partial charge in [0, 0.05) is 18.7 Å². The Morgan fingerprint density at radius 2 is 1.83 bits per heavy atom. The maximum absolute atomic E-state index is 14.3. The summed E-state index contributed by atoms with van der Waals surface area (Å²) in [5.41, 5.74) is 2.31. The zero-order chi connectivity index (χ0) is 20.6. The minimum absolute atomic E-state index is 0.0338. The molecule has 0 fully saturated rings. The largest absolute Gasteiger partial charge is 0.361 e. The maximum atomic E-state index is 14.3. The van der Waals surface area contributed by atoms with Gasteiger partial charge in [-0.3, -0.25) is 4.90 Å². The number of para-hydroxylation sites is 1. The van der Waals surface area contributed by atoms with E-state index < -0.39 is 15.9 Å². The molecule has 9 heteroatoms. The number of rotatable bonds is 5. The summed E-state index contributed by atoms with van der Waals surface area (Å²) < 4.78 is 57.8. The smallest absolute Gasteiger partial charge is 0.311 e. The summed E-state index contributed by atoms with van der Waals surface area (Å²) in [6.07, 6.45) is 0.242. The highest BCUT2D eigenvalue weighted by Gasteiger charge is 2.31. The number of nitrogens with zero attached hydrogens (tertiary/aromatic N) is 3. The molecule has 152 valence electrons. The van der Waals surface area contributed by atoms with Crippen LogP contribution in [0, 0.1) is 11.6 Å². The van der Waals surface area contributed by atoms with Crippen LogP contribution in [-0.2, 0) is 29.6 Å². The van der Waals surface area contributed by atoms with Crippen LogP contribution in [0.3, 0.4) is 0 Å². The van der Waals surface area contributed by atoms with Crippen molar-refractivity contribution in [3.8, 4) is 11.6 Å². The van der Waals surface area contributed by atoms with Crippen molar-refractivity contribution in [3.63, 3.8) is 0 Å². The van der Waals surface area contributed by atoms with Crippen molar-refractivity contribution in [2.45, 2.75) is 19.5 Å². The third-order valence-corrected chi connectivity index (χ3v) is 5.81. The Labute approximate surface area is 167 Å². The second-order valence-corrected chi connectivity index (χ2v) is 8.68. The summed E-state index contributed by atoms with van der Waals surface area (Å²) in [6, 6.07) is 12.2. The fourth-order valence-corrected chi connectivity index (χ4v) is 4.28. The van der Waals surface area contributed by atoms with Gasteiger partial charge in [0.2, 0.25) is 5.88 Å². The summed E-state index contributed by atoms with van der Waals surface area (Å²) in [5.74, 6) is -0.952. The minimum atomic E-state index is -3.74. The molecule has 3 aromatic rings. The van der Waals surface area contributed by atoms with Crippen LogP contribution in [0.15, 0.2) is 48.5 Å². The van der Waals surface area contributed by atoms with Crippen molar-refractivity contribution in [3.05, 3.63) is 77.0 Å². The molecule has 0 aliphatic carbocycles. The molecule has 6 nitrogen and oxygen atoms in total. The molecule has 0 saturated heterocycles. The van der Waals surface area contributed by atoms with Crippen LogP contribution in [0.1, 0.15) is 16.8 Å². The first-order chi connectivity index (χ1) is 13.8. The van der Waals surface area contributed by atoms with Crippen molar-refractivity contribution in [1.29, 1.82) is 0 Å². The van der Waals surface area contributed by atoms with Crippen molar-refractivity contribution in [1.82, 2.24) is 14.7 Å². The number of hydrogen-bond acceptors (Lipinski definition) is 5. The number of benzene rings is 2. The van der Waals surface area contributed by atoms with Gasteiger partial charge in [0.1, 0.15) is 17.3 Å². The predicted molar refractivity (Wildman–Crippen MR) is 103 cm³/mol. The Kier molecular flexibility index (Phi) is 5.10. The van der Waals surface area contributed by atoms with Crippen molar-refractivity contribution < 1.29 is 21.4 Å². The van der Waals surface area contributed by atoms with E-state index in [1.54, 1.807) is 24.3 Å². The SMILES string of the molecule is CN(Cc1ccc(F)cc1)Cc1nn(-c2ccccc2F)c2c1CCS(=O)(=O)O2. The maximum Gasteiger partial charge on any atom is 0.311 e. The molecule has 0 N–H and O–H groups in total. The minimum Gasteiger partial charge on any atom is -0.361 e. The molecule has 0 spiro atoms. The fraction of sp³-hybridized carbons (Fsp3) is 0.250. The van der Waals surface area contributed by atoms with Gasteiger partial charge in [-0.2, -0.15) is 18.2 Å². The fourth-order valence-electron chi connectivity index (χ4n) is 3.33. The van der Waals surface area contributed by atoms with Gasteiger partial charge in [0.15, 0.2) is 0 Å². The standard InChI is InChI=1S/C20H19F2N3O3S/c1-24(12-14-6-8-15(21)9-7-14)13-18-16-10-11-29(26,27)28-20(16)25(23-18)19-5-3-2-4-17(19)22/h2-9H,10-13H2,1H3. The van der Waals surface area contributed by atoms with E-state index in [2.05, 4.69) is 5.10 Å². The van der Waals surface area contributed by atoms with Crippen molar-refractivity contribution in [2.24, 2.45) is 0 Å². The van der Waals surface area contributed by atoms with Gasteiger partial charge >= 0.3 is 10.1 Å². The van der Waals surface area contributed by atoms with Crippen molar-refractivity contribution >= 4 is 10.1 Å². The van der Waals surface area contributed by atoms with Gasteiger partial charge in [-0.25, -0.2) is 8.78 Å². The van der Waals surface area contributed by atoms with Crippen LogP contribution in [0.5, 0.6) is 5.88 Å². The summed E-state index contributed by atoms with van der Waals surface area (Å²) >= 11 is 0. The third-order valence-electron chi connectivity index (χ3n) is 4.69. The van der Waals surface area contributed by atoms with Crippen molar-refractivity contribution in [2.75, 3.05) is 12.8 Å². The van der Waals surface area contributed by atoms with Crippen LogP contribution < -0.4 is 4.18 Å². The normalized spacial score (nSPS) is 15.2. The average Bonchev–Trinajstić information content (AvgIpc) is 3.00. The molecule has 2 aromatic carbocycles. The molecule has 0 radical (unpaired) electrons. The number of fused-ring (bicyclic) bond motifs is 1. The number of halogens is 2. The molecule has 4 rings (SSSR count). The number of aromatic nitrogens is 2. The highest BCUT2D eigenvalue weighted by molar-refractivity contribution is 7.87. The lowest BCUT2D eigenvalue weighted by Gasteiger charge is -2.18. The zero-order valence-corrected chi connectivity index (χ0v) is 16.5. The Morgan fingerprint density at radius 3 is 2.55 bits per heavy atom. The monoisotopic (exact) mass is 419 g/mol. The predicted octanol–water partition coefficient (Wildman–Crippen LogP) is 3.05. The topological polar surface area (TPSA) is 64.4 Å². The van der Waals surface area contributed by atoms with Gasteiger partial charge in [0.25, 0.3) is 0 Å². The van der Waals surface area contributed by atoms with Crippen LogP contribution >= 0.6 is 0 Å². The molecule has 1 aliphatic rings. The summed E-state index contributed by atoms with van der Waals surface area (Å²) in [6.45, 7) is 0.936. The molecule has 0 unspecified atom stereocenters. The van der Waals surface area contributed by atoms with E-state index >= 15 is 0 Å². The van der Waals surface area contributed by atoms with E-state index in [4.69, 9.17) is 4.18 Å². The van der Waals surface area contributed by atoms with Gasteiger partial charge in [0.05, 0.1) is 11.4 Å². The first kappa shape index (κ1) is 19.5. The Balaban J connectivity index is 1.67. The van der Waals surface area contributed by atoms with Crippen LogP contribution in [-0.4, -0.2) is 35.9 Å². The first-order valence-electron chi connectivity index (χ1n) is 9.03. The van der Waals surface area contributed by atoms with E-state index in [9.17, 15) is 17.2 Å². The summed E-state index contributed by atoms with van der Waals surface area (Å²) in [4.78, 5) is 1.96. The highest BCUT2D eigenvalue weighted by atomic mass is 32.2. The Morgan fingerprint density at radius 1 is 1.10 bits per heavy atom. The lowest BCUT2D eigenvalue weighted by atomic mass is 10.1. The molecule has 0 saturated carbocycles. The lowest BCUT2D eigenvalue weighted by Crippen LogP contribution is -2.23. The second-order valence-electron chi connectivity index (χ2n) is 6.99. The second kappa shape index (κ2) is 7.57. The molecule has 0 atom stereocenters. The molecule has 1 aromatic heterocycles. The highest BCUT2D eigenvalue weighted by Crippen LogP contribution is 2.33. The van der Waals surface area contributed by atoms with E-state index in [1.807, 2.05) is 11.9 Å². The zero-order valence-electron chi connectivity index (χ0n) is 15.7. The van der Waals surface area contributed by atoms with Crippen LogP contribution in [0.4, 0.5) is 8.78 Å². The molecule has 29 heavy (non-hydrogen) atoms. The van der Waals surface area contributed by atoms with E-state index in [0.29, 0.717) is 24.3 Å². The lowest BCUT2D eigenvalue weighted by molar-refractivity contribution is 0.313. The Bertz CT molecular complexity index is 1140. The average molecular weight is 419 g/mol. The van der Waals surface area contributed by atoms with Gasteiger partial charge in [-0.05, 0) is 43.3 Å². The van der Waals surface area contributed by atoms with E-state index in [1.165, 1.54) is 28.9 Å². The summed E-state index contributed by atoms with van der Waals surface area (Å²) in [7, 11) is -1.87. The molecular weight excluding hydrogens is 400 g/mol. The van der Waals surface area contributed by atoms with Gasteiger partial charge < -0.3 is 4.18 Å². The van der Waals surface area contributed by atoms with Gasteiger partial charge in [-0.1, -0.05) is 24.3 Å².